The molecule has 0 amide bonds. The van der Waals surface area contributed by atoms with Crippen LogP contribution < -0.4 is 5.19 Å². The Morgan fingerprint density at radius 1 is 1.23 bits per heavy atom. The van der Waals surface area contributed by atoms with Crippen LogP contribution in [0.2, 0.25) is 6.04 Å². The van der Waals surface area contributed by atoms with Crippen LogP contribution in [0.25, 0.3) is 0 Å². The standard InChI is InChI=1S/C11H17OSi/c1-3-9-13(12)11-8-6-5-7-10(11)4-2/h5-8,12H,3-4,9H2,1-2H3. The van der Waals surface area contributed by atoms with E-state index in [1.165, 1.54) is 10.8 Å². The minimum Gasteiger partial charge on any atom is -0.427 e. The van der Waals surface area contributed by atoms with E-state index in [9.17, 15) is 4.80 Å². The lowest BCUT2D eigenvalue weighted by Gasteiger charge is -2.10. The summed E-state index contributed by atoms with van der Waals surface area (Å²) in [6, 6.07) is 9.21. The second kappa shape index (κ2) is 5.20. The summed E-state index contributed by atoms with van der Waals surface area (Å²) in [5, 5.41) is 1.21. The van der Waals surface area contributed by atoms with Gasteiger partial charge in [0, 0.05) is 0 Å². The lowest BCUT2D eigenvalue weighted by Crippen LogP contribution is -2.32. The highest BCUT2D eigenvalue weighted by Crippen LogP contribution is 2.02. The molecule has 1 radical (unpaired) electrons. The molecule has 0 heterocycles. The summed E-state index contributed by atoms with van der Waals surface area (Å²) < 4.78 is 0. The first kappa shape index (κ1) is 10.5. The van der Waals surface area contributed by atoms with Crippen LogP contribution >= 0.6 is 0 Å². The Morgan fingerprint density at radius 3 is 2.54 bits per heavy atom. The van der Waals surface area contributed by atoms with Gasteiger partial charge in [0.15, 0.2) is 0 Å². The van der Waals surface area contributed by atoms with Crippen molar-refractivity contribution < 1.29 is 4.80 Å². The summed E-state index contributed by atoms with van der Waals surface area (Å²) in [6.45, 7) is 4.26. The van der Waals surface area contributed by atoms with E-state index in [2.05, 4.69) is 26.0 Å². The topological polar surface area (TPSA) is 20.2 Å². The van der Waals surface area contributed by atoms with Gasteiger partial charge in [0.25, 0.3) is 0 Å². The first-order valence-corrected chi connectivity index (χ1v) is 6.58. The monoisotopic (exact) mass is 193 g/mol. The Kier molecular flexibility index (Phi) is 4.19. The van der Waals surface area contributed by atoms with Gasteiger partial charge in [0.2, 0.25) is 9.04 Å². The van der Waals surface area contributed by atoms with Crippen LogP contribution in [0.4, 0.5) is 0 Å². The molecule has 1 aromatic rings. The third kappa shape index (κ3) is 2.67. The number of hydrogen-bond acceptors (Lipinski definition) is 1. The minimum absolute atomic E-state index is 0.960. The van der Waals surface area contributed by atoms with Crippen molar-refractivity contribution in [1.82, 2.24) is 0 Å². The van der Waals surface area contributed by atoms with Gasteiger partial charge in [0.1, 0.15) is 0 Å². The van der Waals surface area contributed by atoms with E-state index in [0.29, 0.717) is 0 Å². The lowest BCUT2D eigenvalue weighted by molar-refractivity contribution is 0.581. The number of aryl methyl sites for hydroxylation is 1. The van der Waals surface area contributed by atoms with E-state index in [1.807, 2.05) is 12.1 Å². The molecule has 0 aliphatic heterocycles. The van der Waals surface area contributed by atoms with Gasteiger partial charge >= 0.3 is 0 Å². The van der Waals surface area contributed by atoms with E-state index >= 15 is 0 Å². The van der Waals surface area contributed by atoms with Crippen molar-refractivity contribution in [3.05, 3.63) is 29.8 Å². The highest BCUT2D eigenvalue weighted by molar-refractivity contribution is 6.66. The molecular weight excluding hydrogens is 176 g/mol. The van der Waals surface area contributed by atoms with Gasteiger partial charge in [-0.1, -0.05) is 44.5 Å². The molecular formula is C11H17OSi. The van der Waals surface area contributed by atoms with E-state index < -0.39 is 9.04 Å². The molecule has 0 aliphatic rings. The molecule has 1 nitrogen and oxygen atoms in total. The third-order valence-corrected chi connectivity index (χ3v) is 4.28. The molecule has 71 valence electrons. The molecule has 0 saturated carbocycles. The fraction of sp³-hybridized carbons (Fsp3) is 0.455. The normalized spacial score (nSPS) is 10.8. The first-order chi connectivity index (χ1) is 6.29. The van der Waals surface area contributed by atoms with Gasteiger partial charge in [-0.05, 0) is 23.2 Å². The molecule has 13 heavy (non-hydrogen) atoms. The van der Waals surface area contributed by atoms with Crippen molar-refractivity contribution in [3.8, 4) is 0 Å². The van der Waals surface area contributed by atoms with Gasteiger partial charge < -0.3 is 4.80 Å². The van der Waals surface area contributed by atoms with Crippen LogP contribution in [0.15, 0.2) is 24.3 Å². The van der Waals surface area contributed by atoms with E-state index in [-0.39, 0.29) is 0 Å². The SMILES string of the molecule is CCC[Si](O)c1ccccc1CC. The molecule has 0 aromatic heterocycles. The second-order valence-electron chi connectivity index (χ2n) is 3.21. The largest absolute Gasteiger partial charge is 0.427 e. The molecule has 0 saturated heterocycles. The summed E-state index contributed by atoms with van der Waals surface area (Å²) in [5.74, 6) is 0. The maximum atomic E-state index is 9.93. The number of hydrogen-bond donors (Lipinski definition) is 1. The fourth-order valence-electron chi connectivity index (χ4n) is 1.48. The Balaban J connectivity index is 2.85. The van der Waals surface area contributed by atoms with Crippen molar-refractivity contribution in [1.29, 1.82) is 0 Å². The maximum Gasteiger partial charge on any atom is 0.243 e. The molecule has 0 spiro atoms. The van der Waals surface area contributed by atoms with E-state index in [1.54, 1.807) is 0 Å². The average molecular weight is 193 g/mol. The van der Waals surface area contributed by atoms with E-state index in [4.69, 9.17) is 0 Å². The highest BCUT2D eigenvalue weighted by atomic mass is 28.3. The quantitative estimate of drug-likeness (QED) is 0.724. The molecule has 0 fully saturated rings. The van der Waals surface area contributed by atoms with Crippen LogP contribution in [-0.4, -0.2) is 13.8 Å². The van der Waals surface area contributed by atoms with Crippen molar-refractivity contribution in [2.45, 2.75) is 32.7 Å². The molecule has 1 aromatic carbocycles. The van der Waals surface area contributed by atoms with E-state index in [0.717, 1.165) is 18.9 Å². The summed E-state index contributed by atoms with van der Waals surface area (Å²) in [5.41, 5.74) is 1.31. The fourth-order valence-corrected chi connectivity index (χ4v) is 3.14. The van der Waals surface area contributed by atoms with Gasteiger partial charge in [-0.3, -0.25) is 0 Å². The van der Waals surface area contributed by atoms with Gasteiger partial charge in [-0.25, -0.2) is 0 Å². The van der Waals surface area contributed by atoms with Crippen LogP contribution in [0.3, 0.4) is 0 Å². The Labute approximate surface area is 82.2 Å². The first-order valence-electron chi connectivity index (χ1n) is 4.92. The minimum atomic E-state index is -1.26. The zero-order valence-electron chi connectivity index (χ0n) is 8.38. The van der Waals surface area contributed by atoms with Gasteiger partial charge in [0.05, 0.1) is 0 Å². The van der Waals surface area contributed by atoms with Crippen LogP contribution in [0.1, 0.15) is 25.8 Å². The molecule has 0 atom stereocenters. The zero-order chi connectivity index (χ0) is 9.68. The molecule has 0 unspecified atom stereocenters. The zero-order valence-corrected chi connectivity index (χ0v) is 9.38. The maximum absolute atomic E-state index is 9.93. The Hall–Kier alpha value is -0.603. The predicted octanol–water partition coefficient (Wildman–Crippen LogP) is 1.85. The third-order valence-electron chi connectivity index (χ3n) is 2.20. The lowest BCUT2D eigenvalue weighted by atomic mass is 10.2. The highest BCUT2D eigenvalue weighted by Gasteiger charge is 2.12. The summed E-state index contributed by atoms with van der Waals surface area (Å²) in [7, 11) is -1.26. The Bertz CT molecular complexity index is 260. The molecule has 0 aliphatic carbocycles. The van der Waals surface area contributed by atoms with Crippen LogP contribution in [0.5, 0.6) is 0 Å². The van der Waals surface area contributed by atoms with Crippen LogP contribution in [0, 0.1) is 0 Å². The summed E-state index contributed by atoms with van der Waals surface area (Å²) in [4.78, 5) is 9.93. The Morgan fingerprint density at radius 2 is 1.92 bits per heavy atom. The number of rotatable bonds is 4. The van der Waals surface area contributed by atoms with Crippen LogP contribution in [-0.2, 0) is 6.42 Å². The summed E-state index contributed by atoms with van der Waals surface area (Å²) in [6.07, 6.45) is 2.09. The summed E-state index contributed by atoms with van der Waals surface area (Å²) >= 11 is 0. The van der Waals surface area contributed by atoms with Crippen molar-refractivity contribution in [2.75, 3.05) is 0 Å². The smallest absolute Gasteiger partial charge is 0.243 e. The predicted molar refractivity (Wildman–Crippen MR) is 58.5 cm³/mol. The van der Waals surface area contributed by atoms with Gasteiger partial charge in [-0.2, -0.15) is 0 Å². The molecule has 2 heteroatoms. The van der Waals surface area contributed by atoms with Gasteiger partial charge in [-0.15, -0.1) is 0 Å². The van der Waals surface area contributed by atoms with Crippen molar-refractivity contribution >= 4 is 14.2 Å². The molecule has 1 rings (SSSR count). The average Bonchev–Trinajstić information content (AvgIpc) is 2.18. The number of benzene rings is 1. The van der Waals surface area contributed by atoms with Crippen molar-refractivity contribution in [2.24, 2.45) is 0 Å². The molecule has 1 N–H and O–H groups in total. The second-order valence-corrected chi connectivity index (χ2v) is 5.14. The van der Waals surface area contributed by atoms with Crippen molar-refractivity contribution in [3.63, 3.8) is 0 Å². The molecule has 0 bridgehead atoms.